The molecule has 0 unspecified atom stereocenters. The Morgan fingerprint density at radius 1 is 1.62 bits per heavy atom. The van der Waals surface area contributed by atoms with Gasteiger partial charge in [0.1, 0.15) is 6.61 Å². The van der Waals surface area contributed by atoms with Crippen LogP contribution in [0.25, 0.3) is 0 Å². The summed E-state index contributed by atoms with van der Waals surface area (Å²) in [4.78, 5) is 10.3. The molecular formula is C8H10ClNO3. The molecule has 1 heterocycles. The topological polar surface area (TPSA) is 59.3 Å². The maximum Gasteiger partial charge on any atom is 0.403 e. The molecule has 0 aromatic heterocycles. The van der Waals surface area contributed by atoms with Gasteiger partial charge in [-0.3, -0.25) is 0 Å². The molecule has 0 aromatic carbocycles. The van der Waals surface area contributed by atoms with Crippen molar-refractivity contribution < 1.29 is 14.3 Å². The molecule has 1 saturated heterocycles. The van der Waals surface area contributed by atoms with E-state index in [4.69, 9.17) is 21.6 Å². The first-order valence-corrected chi connectivity index (χ1v) is 4.38. The summed E-state index contributed by atoms with van der Waals surface area (Å²) in [5.74, 6) is 0. The Morgan fingerprint density at radius 3 is 2.69 bits per heavy atom. The lowest BCUT2D eigenvalue weighted by Crippen LogP contribution is -2.33. The Labute approximate surface area is 81.4 Å². The van der Waals surface area contributed by atoms with E-state index in [9.17, 15) is 4.79 Å². The van der Waals surface area contributed by atoms with Crippen molar-refractivity contribution in [2.24, 2.45) is 5.41 Å². The summed E-state index contributed by atoms with van der Waals surface area (Å²) in [5.41, 5.74) is -1.45. The van der Waals surface area contributed by atoms with Gasteiger partial charge in [-0.1, -0.05) is 0 Å². The van der Waals surface area contributed by atoms with Crippen LogP contribution in [0.2, 0.25) is 0 Å². The number of ether oxygens (including phenoxy) is 2. The molecule has 0 aliphatic carbocycles. The molecule has 0 atom stereocenters. The minimum absolute atomic E-state index is 0.0647. The van der Waals surface area contributed by atoms with Crippen LogP contribution in [0.3, 0.4) is 0 Å². The van der Waals surface area contributed by atoms with E-state index in [1.54, 1.807) is 0 Å². The second kappa shape index (κ2) is 4.45. The first-order valence-electron chi connectivity index (χ1n) is 4.00. The lowest BCUT2D eigenvalue weighted by molar-refractivity contribution is 0.0114. The van der Waals surface area contributed by atoms with Gasteiger partial charge in [-0.2, -0.15) is 5.26 Å². The van der Waals surface area contributed by atoms with Gasteiger partial charge in [0, 0.05) is 24.8 Å². The number of carbonyl (C=O) groups is 1. The van der Waals surface area contributed by atoms with Gasteiger partial charge in [0.05, 0.1) is 11.5 Å². The van der Waals surface area contributed by atoms with Gasteiger partial charge in [0.15, 0.2) is 0 Å². The van der Waals surface area contributed by atoms with E-state index in [1.165, 1.54) is 0 Å². The number of hydrogen-bond donors (Lipinski definition) is 0. The molecule has 0 bridgehead atoms. The van der Waals surface area contributed by atoms with Gasteiger partial charge in [0.25, 0.3) is 0 Å². The highest BCUT2D eigenvalue weighted by molar-refractivity contribution is 6.61. The highest BCUT2D eigenvalue weighted by atomic mass is 35.5. The van der Waals surface area contributed by atoms with Crippen molar-refractivity contribution in [3.05, 3.63) is 0 Å². The molecule has 0 amide bonds. The average molecular weight is 204 g/mol. The molecule has 5 heteroatoms. The minimum atomic E-state index is -0.860. The second-order valence-electron chi connectivity index (χ2n) is 3.03. The standard InChI is InChI=1S/C8H10ClNO3/c9-7(11)13-6-8(5-10)1-3-12-4-2-8/h1-4,6H2. The third-order valence-corrected chi connectivity index (χ3v) is 2.26. The van der Waals surface area contributed by atoms with Crippen molar-refractivity contribution >= 4 is 17.0 Å². The van der Waals surface area contributed by atoms with Crippen LogP contribution in [0, 0.1) is 16.7 Å². The third kappa shape index (κ3) is 2.87. The summed E-state index contributed by atoms with van der Waals surface area (Å²) in [6.45, 7) is 1.13. The zero-order valence-corrected chi connectivity index (χ0v) is 7.84. The number of nitriles is 1. The fraction of sp³-hybridized carbons (Fsp3) is 0.750. The van der Waals surface area contributed by atoms with Crippen LogP contribution in [0.1, 0.15) is 12.8 Å². The zero-order chi connectivity index (χ0) is 9.73. The zero-order valence-electron chi connectivity index (χ0n) is 7.09. The van der Waals surface area contributed by atoms with Gasteiger partial charge in [-0.15, -0.1) is 0 Å². The Hall–Kier alpha value is -0.790. The van der Waals surface area contributed by atoms with Gasteiger partial charge < -0.3 is 9.47 Å². The van der Waals surface area contributed by atoms with Crippen molar-refractivity contribution in [3.8, 4) is 6.07 Å². The quantitative estimate of drug-likeness (QED) is 0.641. The number of nitrogens with zero attached hydrogens (tertiary/aromatic N) is 1. The maximum absolute atomic E-state index is 10.3. The van der Waals surface area contributed by atoms with E-state index < -0.39 is 10.8 Å². The van der Waals surface area contributed by atoms with Crippen molar-refractivity contribution in [1.82, 2.24) is 0 Å². The SMILES string of the molecule is N#CC1(COC(=O)Cl)CCOCC1. The van der Waals surface area contributed by atoms with Crippen LogP contribution in [0.5, 0.6) is 0 Å². The lowest BCUT2D eigenvalue weighted by Gasteiger charge is -2.29. The van der Waals surface area contributed by atoms with Gasteiger partial charge in [-0.05, 0) is 12.8 Å². The molecule has 0 radical (unpaired) electrons. The van der Waals surface area contributed by atoms with E-state index in [2.05, 4.69) is 10.8 Å². The van der Waals surface area contributed by atoms with Crippen molar-refractivity contribution in [2.45, 2.75) is 12.8 Å². The number of halogens is 1. The van der Waals surface area contributed by atoms with Gasteiger partial charge in [-0.25, -0.2) is 4.79 Å². The van der Waals surface area contributed by atoms with Gasteiger partial charge in [0.2, 0.25) is 0 Å². The summed E-state index contributed by atoms with van der Waals surface area (Å²) in [5, 5.41) is 8.91. The summed E-state index contributed by atoms with van der Waals surface area (Å²) in [6, 6.07) is 2.16. The predicted octanol–water partition coefficient (Wildman–Crippen LogP) is 1.68. The molecule has 72 valence electrons. The summed E-state index contributed by atoms with van der Waals surface area (Å²) in [7, 11) is 0. The number of rotatable bonds is 2. The smallest absolute Gasteiger partial charge is 0.403 e. The monoisotopic (exact) mass is 203 g/mol. The largest absolute Gasteiger partial charge is 0.452 e. The minimum Gasteiger partial charge on any atom is -0.452 e. The van der Waals surface area contributed by atoms with E-state index >= 15 is 0 Å². The molecule has 1 aliphatic rings. The predicted molar refractivity (Wildman–Crippen MR) is 45.3 cm³/mol. The fourth-order valence-corrected chi connectivity index (χ4v) is 1.30. The Balaban J connectivity index is 2.49. The molecular weight excluding hydrogens is 194 g/mol. The Bertz CT molecular complexity index is 230. The van der Waals surface area contributed by atoms with Crippen LogP contribution in [-0.4, -0.2) is 25.2 Å². The van der Waals surface area contributed by atoms with Crippen molar-refractivity contribution in [2.75, 3.05) is 19.8 Å². The number of carbonyl (C=O) groups excluding carboxylic acids is 1. The summed E-state index contributed by atoms with van der Waals surface area (Å²) >= 11 is 5.01. The molecule has 4 nitrogen and oxygen atoms in total. The molecule has 1 rings (SSSR count). The van der Waals surface area contributed by atoms with E-state index in [1.807, 2.05) is 0 Å². The normalized spacial score (nSPS) is 20.3. The first-order chi connectivity index (χ1) is 6.18. The van der Waals surface area contributed by atoms with Crippen molar-refractivity contribution in [1.29, 1.82) is 5.26 Å². The van der Waals surface area contributed by atoms with Crippen molar-refractivity contribution in [3.63, 3.8) is 0 Å². The van der Waals surface area contributed by atoms with Crippen LogP contribution in [-0.2, 0) is 9.47 Å². The van der Waals surface area contributed by atoms with Gasteiger partial charge >= 0.3 is 5.43 Å². The third-order valence-electron chi connectivity index (χ3n) is 2.15. The second-order valence-corrected chi connectivity index (χ2v) is 3.34. The molecule has 0 spiro atoms. The maximum atomic E-state index is 10.3. The lowest BCUT2D eigenvalue weighted by atomic mass is 9.83. The van der Waals surface area contributed by atoms with Crippen LogP contribution in [0.15, 0.2) is 0 Å². The number of hydrogen-bond acceptors (Lipinski definition) is 4. The molecule has 0 saturated carbocycles. The van der Waals surface area contributed by atoms with E-state index in [-0.39, 0.29) is 6.61 Å². The Kier molecular flexibility index (Phi) is 3.52. The highest BCUT2D eigenvalue weighted by Gasteiger charge is 2.34. The molecule has 0 aromatic rings. The van der Waals surface area contributed by atoms with E-state index in [0.29, 0.717) is 26.1 Å². The van der Waals surface area contributed by atoms with Crippen LogP contribution >= 0.6 is 11.6 Å². The van der Waals surface area contributed by atoms with E-state index in [0.717, 1.165) is 0 Å². The molecule has 13 heavy (non-hydrogen) atoms. The highest BCUT2D eigenvalue weighted by Crippen LogP contribution is 2.29. The fourth-order valence-electron chi connectivity index (χ4n) is 1.25. The Morgan fingerprint density at radius 2 is 2.23 bits per heavy atom. The summed E-state index contributed by atoms with van der Waals surface area (Å²) in [6.07, 6.45) is 1.18. The average Bonchev–Trinajstić information content (AvgIpc) is 2.16. The van der Waals surface area contributed by atoms with Crippen LogP contribution < -0.4 is 0 Å². The molecule has 1 aliphatic heterocycles. The van der Waals surface area contributed by atoms with Crippen LogP contribution in [0.4, 0.5) is 4.79 Å². The molecule has 1 fully saturated rings. The molecule has 0 N–H and O–H groups in total. The summed E-state index contributed by atoms with van der Waals surface area (Å²) < 4.78 is 9.73. The first kappa shape index (κ1) is 10.3.